The maximum absolute atomic E-state index is 13.7. The third-order valence-corrected chi connectivity index (χ3v) is 6.31. The van der Waals surface area contributed by atoms with Crippen LogP contribution >= 0.6 is 23.2 Å². The lowest BCUT2D eigenvalue weighted by molar-refractivity contribution is -0.124. The van der Waals surface area contributed by atoms with Gasteiger partial charge in [0.2, 0.25) is 0 Å². The molecule has 0 saturated carbocycles. The lowest BCUT2D eigenvalue weighted by atomic mass is 9.99. The van der Waals surface area contributed by atoms with E-state index in [1.807, 2.05) is 0 Å². The number of hydrazone groups is 1. The molecule has 1 aromatic heterocycles. The summed E-state index contributed by atoms with van der Waals surface area (Å²) in [7, 11) is 0. The minimum atomic E-state index is -1.26. The van der Waals surface area contributed by atoms with E-state index in [4.69, 9.17) is 27.6 Å². The van der Waals surface area contributed by atoms with E-state index in [1.54, 1.807) is 62.4 Å². The summed E-state index contributed by atoms with van der Waals surface area (Å²) >= 11 is 12.2. The van der Waals surface area contributed by atoms with Crippen molar-refractivity contribution in [2.75, 3.05) is 16.8 Å². The van der Waals surface area contributed by atoms with Crippen LogP contribution in [0.4, 0.5) is 21.0 Å². The van der Waals surface area contributed by atoms with E-state index in [9.17, 15) is 19.6 Å². The van der Waals surface area contributed by atoms with E-state index in [1.165, 1.54) is 34.4 Å². The summed E-state index contributed by atoms with van der Waals surface area (Å²) < 4.78 is 5.12. The summed E-state index contributed by atoms with van der Waals surface area (Å²) in [6.07, 6.45) is 1.51. The minimum absolute atomic E-state index is 0.314. The van der Waals surface area contributed by atoms with E-state index < -0.39 is 36.2 Å². The second-order valence-corrected chi connectivity index (χ2v) is 9.71. The molecule has 3 N–H and O–H groups in total. The predicted molar refractivity (Wildman–Crippen MR) is 142 cm³/mol. The van der Waals surface area contributed by atoms with Crippen molar-refractivity contribution in [2.24, 2.45) is 5.10 Å². The Hall–Kier alpha value is -4.06. The highest BCUT2D eigenvalue weighted by atomic mass is 35.5. The number of benzene rings is 2. The number of halogens is 2. The van der Waals surface area contributed by atoms with Gasteiger partial charge in [-0.15, -0.1) is 0 Å². The highest BCUT2D eigenvalue weighted by Crippen LogP contribution is 2.38. The average molecular weight is 559 g/mol. The molecule has 1 unspecified atom stereocenters. The van der Waals surface area contributed by atoms with E-state index in [-0.39, 0.29) is 0 Å². The Kier molecular flexibility index (Phi) is 7.91. The van der Waals surface area contributed by atoms with E-state index >= 15 is 0 Å². The van der Waals surface area contributed by atoms with Crippen molar-refractivity contribution < 1.29 is 24.0 Å². The average Bonchev–Trinajstić information content (AvgIpc) is 3.44. The number of hydroxylamine groups is 2. The Labute approximate surface area is 228 Å². The molecule has 3 aromatic rings. The zero-order chi connectivity index (χ0) is 27.4. The molecule has 4 rings (SSSR count). The summed E-state index contributed by atoms with van der Waals surface area (Å²) in [6.45, 7) is 2.82. The van der Waals surface area contributed by atoms with Gasteiger partial charge in [0.15, 0.2) is 6.17 Å². The Balaban J connectivity index is 1.61. The molecule has 1 atom stereocenters. The van der Waals surface area contributed by atoms with Gasteiger partial charge in [0.05, 0.1) is 18.0 Å². The fourth-order valence-corrected chi connectivity index (χ4v) is 4.44. The number of hydrogen-bond acceptors (Lipinski definition) is 6. The van der Waals surface area contributed by atoms with E-state index in [0.29, 0.717) is 32.2 Å². The molecular weight excluding hydrogens is 535 g/mol. The molecule has 1 aliphatic rings. The van der Waals surface area contributed by atoms with Crippen LogP contribution in [0.2, 0.25) is 10.0 Å². The van der Waals surface area contributed by atoms with Crippen molar-refractivity contribution in [3.8, 4) is 0 Å². The molecule has 2 aromatic carbocycles. The van der Waals surface area contributed by atoms with Gasteiger partial charge in [-0.05, 0) is 62.4 Å². The van der Waals surface area contributed by atoms with Crippen LogP contribution in [-0.4, -0.2) is 57.6 Å². The Morgan fingerprint density at radius 3 is 2.50 bits per heavy atom. The van der Waals surface area contributed by atoms with Gasteiger partial charge < -0.3 is 14.6 Å². The monoisotopic (exact) mass is 558 g/mol. The molecule has 0 radical (unpaired) electrons. The Morgan fingerprint density at radius 1 is 1.13 bits per heavy atom. The molecule has 0 bridgehead atoms. The molecule has 5 amide bonds. The Morgan fingerprint density at radius 2 is 1.84 bits per heavy atom. The van der Waals surface area contributed by atoms with Gasteiger partial charge in [0.25, 0.3) is 5.91 Å². The number of anilines is 2. The van der Waals surface area contributed by atoms with Crippen LogP contribution in [0.5, 0.6) is 0 Å². The van der Waals surface area contributed by atoms with Crippen LogP contribution in [0.1, 0.15) is 19.6 Å². The molecule has 11 nitrogen and oxygen atoms in total. The highest BCUT2D eigenvalue weighted by molar-refractivity contribution is 6.31. The molecule has 1 fully saturated rings. The fraction of sp³-hybridized carbons (Fsp3) is 0.200. The number of rotatable bonds is 7. The lowest BCUT2D eigenvalue weighted by Gasteiger charge is -2.38. The second kappa shape index (κ2) is 11.1. The summed E-state index contributed by atoms with van der Waals surface area (Å²) in [5.74, 6) is -0.175. The number of urea groups is 2. The normalized spacial score (nSPS) is 16.7. The van der Waals surface area contributed by atoms with Crippen LogP contribution in [0.25, 0.3) is 0 Å². The number of amides is 5. The first kappa shape index (κ1) is 27.0. The third kappa shape index (κ3) is 5.75. The van der Waals surface area contributed by atoms with Crippen LogP contribution in [-0.2, 0) is 4.79 Å². The van der Waals surface area contributed by atoms with Gasteiger partial charge in [0.1, 0.15) is 12.3 Å². The van der Waals surface area contributed by atoms with Crippen molar-refractivity contribution >= 4 is 58.8 Å². The molecule has 1 aliphatic heterocycles. The Bertz CT molecular complexity index is 1360. The topological polar surface area (TPSA) is 131 Å². The van der Waals surface area contributed by atoms with Gasteiger partial charge >= 0.3 is 12.1 Å². The largest absolute Gasteiger partial charge is 0.463 e. The van der Waals surface area contributed by atoms with Crippen molar-refractivity contribution in [3.05, 3.63) is 82.7 Å². The predicted octanol–water partition coefficient (Wildman–Crippen LogP) is 5.01. The number of hydrogen-bond donors (Lipinski definition) is 3. The van der Waals surface area contributed by atoms with Crippen molar-refractivity contribution in [3.63, 3.8) is 0 Å². The zero-order valence-corrected chi connectivity index (χ0v) is 21.8. The smallest absolute Gasteiger partial charge is 0.347 e. The van der Waals surface area contributed by atoms with Crippen LogP contribution in [0, 0.1) is 0 Å². The molecule has 1 saturated heterocycles. The van der Waals surface area contributed by atoms with Gasteiger partial charge in [-0.2, -0.15) is 10.2 Å². The standard InChI is InChI=1S/C25H24Cl2N6O5/c1-25(2)22(33(37)23(35)29-18-8-3-6-16(26)12-18)32(19-9-4-7-17(27)13-19)24(36)31(25)15-21(34)30-28-14-20-10-5-11-38-20/h3-14,22,37H,15H2,1-2H3,(H,29,35)(H,30,34). The molecular formula is C25H24Cl2N6O5. The third-order valence-electron chi connectivity index (χ3n) is 5.84. The molecule has 0 aliphatic carbocycles. The lowest BCUT2D eigenvalue weighted by Crippen LogP contribution is -2.58. The number of carbonyl (C=O) groups excluding carboxylic acids is 3. The number of carbonyl (C=O) groups is 3. The first-order valence-corrected chi connectivity index (χ1v) is 12.1. The molecule has 38 heavy (non-hydrogen) atoms. The number of furan rings is 1. The fourth-order valence-electron chi connectivity index (χ4n) is 4.06. The summed E-state index contributed by atoms with van der Waals surface area (Å²) in [5, 5.41) is 18.6. The van der Waals surface area contributed by atoms with Crippen molar-refractivity contribution in [1.82, 2.24) is 15.4 Å². The van der Waals surface area contributed by atoms with Gasteiger partial charge in [-0.1, -0.05) is 35.3 Å². The maximum atomic E-state index is 13.7. The molecule has 0 spiro atoms. The SMILES string of the molecule is CC1(C)C(N(O)C(=O)Nc2cccc(Cl)c2)N(c2cccc(Cl)c2)C(=O)N1CC(=O)NN=Cc1ccco1. The van der Waals surface area contributed by atoms with Crippen molar-refractivity contribution in [1.29, 1.82) is 0 Å². The molecule has 198 valence electrons. The summed E-state index contributed by atoms with van der Waals surface area (Å²) in [6, 6.07) is 14.5. The first-order chi connectivity index (χ1) is 18.1. The molecule has 13 heteroatoms. The van der Waals surface area contributed by atoms with Gasteiger partial charge in [0, 0.05) is 21.4 Å². The highest BCUT2D eigenvalue weighted by Gasteiger charge is 2.56. The summed E-state index contributed by atoms with van der Waals surface area (Å²) in [4.78, 5) is 41.8. The minimum Gasteiger partial charge on any atom is -0.463 e. The van der Waals surface area contributed by atoms with Crippen LogP contribution in [0.15, 0.2) is 76.4 Å². The summed E-state index contributed by atoms with van der Waals surface area (Å²) in [5.41, 5.74) is 1.73. The van der Waals surface area contributed by atoms with E-state index in [0.717, 1.165) is 0 Å². The van der Waals surface area contributed by atoms with Crippen molar-refractivity contribution in [2.45, 2.75) is 25.6 Å². The van der Waals surface area contributed by atoms with Gasteiger partial charge in [-0.3, -0.25) is 14.9 Å². The quantitative estimate of drug-likeness (QED) is 0.213. The van der Waals surface area contributed by atoms with Gasteiger partial charge in [-0.25, -0.2) is 15.0 Å². The van der Waals surface area contributed by atoms with E-state index in [2.05, 4.69) is 15.8 Å². The number of nitrogens with zero attached hydrogens (tertiary/aromatic N) is 4. The zero-order valence-electron chi connectivity index (χ0n) is 20.3. The first-order valence-electron chi connectivity index (χ1n) is 11.3. The van der Waals surface area contributed by atoms with Crippen LogP contribution in [0.3, 0.4) is 0 Å². The van der Waals surface area contributed by atoms with Crippen LogP contribution < -0.4 is 15.6 Å². The molecule has 2 heterocycles. The second-order valence-electron chi connectivity index (χ2n) is 8.84. The number of nitrogens with one attached hydrogen (secondary N) is 2. The maximum Gasteiger partial charge on any atom is 0.347 e.